The van der Waals surface area contributed by atoms with Crippen molar-refractivity contribution >= 4 is 5.82 Å². The standard InChI is InChI=1S/C18H23FN4O/c1-13-11-17(20-14-5-4-9-23(12-14)10-8-19)21-22-18(13)15-6-2-3-7-16(15)24/h2-3,6-7,11,14,24H,4-5,8-10,12H2,1H3,(H,20,21)/t14-/m1/s1. The zero-order chi connectivity index (χ0) is 16.9. The van der Waals surface area contributed by atoms with Crippen LogP contribution in [0.3, 0.4) is 0 Å². The van der Waals surface area contributed by atoms with Crippen molar-refractivity contribution in [3.8, 4) is 17.0 Å². The number of hydrogen-bond acceptors (Lipinski definition) is 5. The number of para-hydroxylation sites is 1. The van der Waals surface area contributed by atoms with Crippen LogP contribution < -0.4 is 5.32 Å². The van der Waals surface area contributed by atoms with E-state index >= 15 is 0 Å². The number of piperidine rings is 1. The van der Waals surface area contributed by atoms with E-state index in [1.807, 2.05) is 25.1 Å². The molecule has 1 aliphatic rings. The fourth-order valence-electron chi connectivity index (χ4n) is 3.20. The minimum atomic E-state index is -0.305. The maximum Gasteiger partial charge on any atom is 0.149 e. The van der Waals surface area contributed by atoms with Crippen LogP contribution in [0.4, 0.5) is 10.2 Å². The number of benzene rings is 1. The highest BCUT2D eigenvalue weighted by Crippen LogP contribution is 2.29. The molecule has 0 spiro atoms. The van der Waals surface area contributed by atoms with Crippen LogP contribution in [0.2, 0.25) is 0 Å². The first-order valence-corrected chi connectivity index (χ1v) is 8.35. The van der Waals surface area contributed by atoms with Gasteiger partial charge in [-0.1, -0.05) is 12.1 Å². The van der Waals surface area contributed by atoms with E-state index in [2.05, 4.69) is 20.4 Å². The topological polar surface area (TPSA) is 61.3 Å². The number of alkyl halides is 1. The molecule has 1 aliphatic heterocycles. The highest BCUT2D eigenvalue weighted by atomic mass is 19.1. The number of nitrogens with one attached hydrogen (secondary N) is 1. The molecule has 2 heterocycles. The van der Waals surface area contributed by atoms with Crippen LogP contribution in [0, 0.1) is 6.92 Å². The molecule has 0 unspecified atom stereocenters. The van der Waals surface area contributed by atoms with Crippen molar-refractivity contribution in [3.63, 3.8) is 0 Å². The largest absolute Gasteiger partial charge is 0.507 e. The van der Waals surface area contributed by atoms with Gasteiger partial charge in [-0.05, 0) is 50.1 Å². The normalized spacial score (nSPS) is 18.5. The highest BCUT2D eigenvalue weighted by molar-refractivity contribution is 5.69. The first-order valence-electron chi connectivity index (χ1n) is 8.35. The smallest absolute Gasteiger partial charge is 0.149 e. The van der Waals surface area contributed by atoms with Gasteiger partial charge in [0, 0.05) is 24.7 Å². The molecule has 1 aromatic heterocycles. The molecule has 128 valence electrons. The zero-order valence-electron chi connectivity index (χ0n) is 13.9. The van der Waals surface area contributed by atoms with Crippen molar-refractivity contribution in [3.05, 3.63) is 35.9 Å². The van der Waals surface area contributed by atoms with Gasteiger partial charge in [0.25, 0.3) is 0 Å². The number of nitrogens with zero attached hydrogens (tertiary/aromatic N) is 3. The molecule has 0 bridgehead atoms. The highest BCUT2D eigenvalue weighted by Gasteiger charge is 2.20. The molecular weight excluding hydrogens is 307 g/mol. The van der Waals surface area contributed by atoms with Gasteiger partial charge in [-0.15, -0.1) is 10.2 Å². The predicted molar refractivity (Wildman–Crippen MR) is 92.9 cm³/mol. The average molecular weight is 330 g/mol. The van der Waals surface area contributed by atoms with E-state index in [1.54, 1.807) is 12.1 Å². The van der Waals surface area contributed by atoms with Crippen molar-refractivity contribution in [1.29, 1.82) is 0 Å². The number of halogens is 1. The second kappa shape index (κ2) is 7.57. The molecule has 0 radical (unpaired) electrons. The van der Waals surface area contributed by atoms with Crippen LogP contribution in [0.1, 0.15) is 18.4 Å². The van der Waals surface area contributed by atoms with Crippen molar-refractivity contribution in [2.75, 3.05) is 31.6 Å². The minimum absolute atomic E-state index is 0.199. The third kappa shape index (κ3) is 3.82. The van der Waals surface area contributed by atoms with Crippen molar-refractivity contribution in [2.24, 2.45) is 0 Å². The molecule has 24 heavy (non-hydrogen) atoms. The first-order chi connectivity index (χ1) is 11.7. The van der Waals surface area contributed by atoms with E-state index in [0.717, 1.165) is 37.3 Å². The van der Waals surface area contributed by atoms with E-state index in [4.69, 9.17) is 0 Å². The molecule has 0 amide bonds. The third-order valence-corrected chi connectivity index (χ3v) is 4.40. The molecule has 1 fully saturated rings. The molecule has 0 saturated carbocycles. The number of aromatic nitrogens is 2. The Kier molecular flexibility index (Phi) is 5.25. The lowest BCUT2D eigenvalue weighted by atomic mass is 10.0. The first kappa shape index (κ1) is 16.6. The van der Waals surface area contributed by atoms with E-state index < -0.39 is 0 Å². The third-order valence-electron chi connectivity index (χ3n) is 4.40. The Bertz CT molecular complexity index is 692. The number of phenols is 1. The number of aryl methyl sites for hydroxylation is 1. The van der Waals surface area contributed by atoms with E-state index in [1.165, 1.54) is 0 Å². The fraction of sp³-hybridized carbons (Fsp3) is 0.444. The quantitative estimate of drug-likeness (QED) is 0.882. The summed E-state index contributed by atoms with van der Waals surface area (Å²) in [6.45, 7) is 3.93. The Morgan fingerprint density at radius 1 is 1.33 bits per heavy atom. The van der Waals surface area contributed by atoms with Crippen molar-refractivity contribution in [1.82, 2.24) is 15.1 Å². The molecule has 2 aromatic rings. The van der Waals surface area contributed by atoms with Gasteiger partial charge in [0.1, 0.15) is 18.2 Å². The van der Waals surface area contributed by atoms with Gasteiger partial charge in [0.2, 0.25) is 0 Å². The van der Waals surface area contributed by atoms with Crippen LogP contribution in [0.5, 0.6) is 5.75 Å². The van der Waals surface area contributed by atoms with Crippen molar-refractivity contribution in [2.45, 2.75) is 25.8 Å². The van der Waals surface area contributed by atoms with Gasteiger partial charge < -0.3 is 10.4 Å². The number of likely N-dealkylation sites (tertiary alicyclic amines) is 1. The Morgan fingerprint density at radius 2 is 2.17 bits per heavy atom. The Morgan fingerprint density at radius 3 is 2.92 bits per heavy atom. The van der Waals surface area contributed by atoms with Crippen LogP contribution in [-0.4, -0.2) is 52.6 Å². The van der Waals surface area contributed by atoms with Crippen LogP contribution in [0.15, 0.2) is 30.3 Å². The Hall–Kier alpha value is -2.21. The second-order valence-electron chi connectivity index (χ2n) is 6.25. The monoisotopic (exact) mass is 330 g/mol. The summed E-state index contributed by atoms with van der Waals surface area (Å²) < 4.78 is 12.5. The number of rotatable bonds is 5. The number of aromatic hydroxyl groups is 1. The summed E-state index contributed by atoms with van der Waals surface area (Å²) in [5, 5.41) is 21.9. The van der Waals surface area contributed by atoms with Gasteiger partial charge in [-0.25, -0.2) is 4.39 Å². The number of anilines is 1. The van der Waals surface area contributed by atoms with Gasteiger partial charge >= 0.3 is 0 Å². The molecule has 3 rings (SSSR count). The van der Waals surface area contributed by atoms with Crippen LogP contribution in [0.25, 0.3) is 11.3 Å². The summed E-state index contributed by atoms with van der Waals surface area (Å²) in [7, 11) is 0. The van der Waals surface area contributed by atoms with Gasteiger partial charge in [0.05, 0.1) is 5.69 Å². The Balaban J connectivity index is 1.72. The van der Waals surface area contributed by atoms with Gasteiger partial charge in [-0.3, -0.25) is 4.90 Å². The lowest BCUT2D eigenvalue weighted by molar-refractivity contribution is 0.200. The summed E-state index contributed by atoms with van der Waals surface area (Å²) in [6.07, 6.45) is 2.10. The molecule has 5 nitrogen and oxygen atoms in total. The lowest BCUT2D eigenvalue weighted by Gasteiger charge is -2.32. The minimum Gasteiger partial charge on any atom is -0.507 e. The summed E-state index contributed by atoms with van der Waals surface area (Å²) >= 11 is 0. The summed E-state index contributed by atoms with van der Waals surface area (Å²) in [4.78, 5) is 2.14. The Labute approximate surface area is 141 Å². The molecule has 1 atom stereocenters. The number of phenolic OH excluding ortho intramolecular Hbond substituents is 1. The predicted octanol–water partition coefficient (Wildman–Crippen LogP) is 3.00. The second-order valence-corrected chi connectivity index (χ2v) is 6.25. The molecule has 0 aliphatic carbocycles. The summed E-state index contributed by atoms with van der Waals surface area (Å²) in [6, 6.07) is 9.32. The summed E-state index contributed by atoms with van der Waals surface area (Å²) in [5.74, 6) is 0.920. The van der Waals surface area contributed by atoms with E-state index in [0.29, 0.717) is 17.8 Å². The lowest BCUT2D eigenvalue weighted by Crippen LogP contribution is -2.43. The van der Waals surface area contributed by atoms with Crippen LogP contribution in [-0.2, 0) is 0 Å². The maximum atomic E-state index is 12.5. The van der Waals surface area contributed by atoms with Gasteiger partial charge in [0.15, 0.2) is 0 Å². The zero-order valence-corrected chi connectivity index (χ0v) is 13.9. The SMILES string of the molecule is Cc1cc(N[C@@H]2CCCN(CCF)C2)nnc1-c1ccccc1O. The molecule has 2 N–H and O–H groups in total. The van der Waals surface area contributed by atoms with Crippen molar-refractivity contribution < 1.29 is 9.50 Å². The molecule has 1 saturated heterocycles. The van der Waals surface area contributed by atoms with Gasteiger partial charge in [-0.2, -0.15) is 0 Å². The molecule has 1 aromatic carbocycles. The number of hydrogen-bond donors (Lipinski definition) is 2. The maximum absolute atomic E-state index is 12.5. The van der Waals surface area contributed by atoms with E-state index in [9.17, 15) is 9.50 Å². The van der Waals surface area contributed by atoms with Crippen LogP contribution >= 0.6 is 0 Å². The summed E-state index contributed by atoms with van der Waals surface area (Å²) in [5.41, 5.74) is 2.31. The van der Waals surface area contributed by atoms with E-state index in [-0.39, 0.29) is 18.5 Å². The molecule has 6 heteroatoms. The fourth-order valence-corrected chi connectivity index (χ4v) is 3.20. The average Bonchev–Trinajstić information content (AvgIpc) is 2.57. The molecular formula is C18H23FN4O.